The minimum Gasteiger partial charge on any atom is -0.507 e. The van der Waals surface area contributed by atoms with Gasteiger partial charge >= 0.3 is 0 Å². The van der Waals surface area contributed by atoms with Crippen LogP contribution in [-0.4, -0.2) is 10.2 Å². The van der Waals surface area contributed by atoms with Gasteiger partial charge in [-0.3, -0.25) is 0 Å². The smallest absolute Gasteiger partial charge is 0.123 e. The molecular formula is C34H30O2. The van der Waals surface area contributed by atoms with Crippen LogP contribution in [0.15, 0.2) is 115 Å². The maximum atomic E-state index is 10.8. The molecule has 2 nitrogen and oxygen atoms in total. The molecular weight excluding hydrogens is 440 g/mol. The topological polar surface area (TPSA) is 40.5 Å². The van der Waals surface area contributed by atoms with Crippen molar-refractivity contribution in [2.75, 3.05) is 0 Å². The number of aromatic hydroxyl groups is 2. The van der Waals surface area contributed by atoms with Gasteiger partial charge in [-0.15, -0.1) is 0 Å². The monoisotopic (exact) mass is 470 g/mol. The third-order valence-electron chi connectivity index (χ3n) is 7.24. The van der Waals surface area contributed by atoms with Crippen molar-refractivity contribution in [3.05, 3.63) is 143 Å². The Balaban J connectivity index is 1.78. The normalized spacial score (nSPS) is 11.4. The Morgan fingerprint density at radius 3 is 1.44 bits per heavy atom. The Hall–Kier alpha value is -4.30. The standard InChI is InChI=1S/C34H30O2/c1-23-14-17-31(24(2)20-23)34(3,27-15-18-32(35)29(21-27)25-10-6-4-7-11-25)28-16-19-33(36)30(22-28)26-12-8-5-9-13-26/h4-22,35-36H,1-3H3. The SMILES string of the molecule is Cc1ccc(C(C)(c2ccc(O)c(-c3ccccc3)c2)c2ccc(O)c(-c3ccccc3)c2)c(C)c1. The lowest BCUT2D eigenvalue weighted by atomic mass is 9.68. The van der Waals surface area contributed by atoms with Crippen molar-refractivity contribution in [1.29, 1.82) is 0 Å². The highest BCUT2D eigenvalue weighted by Gasteiger charge is 2.34. The fourth-order valence-corrected chi connectivity index (χ4v) is 5.24. The van der Waals surface area contributed by atoms with Crippen LogP contribution in [0.3, 0.4) is 0 Å². The van der Waals surface area contributed by atoms with E-state index in [0.29, 0.717) is 0 Å². The summed E-state index contributed by atoms with van der Waals surface area (Å²) < 4.78 is 0. The van der Waals surface area contributed by atoms with Crippen LogP contribution < -0.4 is 0 Å². The highest BCUT2D eigenvalue weighted by Crippen LogP contribution is 2.45. The lowest BCUT2D eigenvalue weighted by Crippen LogP contribution is -2.26. The first kappa shape index (κ1) is 23.4. The molecule has 0 heterocycles. The van der Waals surface area contributed by atoms with Crippen LogP contribution in [0.1, 0.15) is 34.7 Å². The van der Waals surface area contributed by atoms with Crippen LogP contribution in [0.4, 0.5) is 0 Å². The summed E-state index contributed by atoms with van der Waals surface area (Å²) in [5, 5.41) is 21.6. The van der Waals surface area contributed by atoms with Crippen molar-refractivity contribution in [3.63, 3.8) is 0 Å². The van der Waals surface area contributed by atoms with Crippen LogP contribution in [-0.2, 0) is 5.41 Å². The summed E-state index contributed by atoms with van der Waals surface area (Å²) in [7, 11) is 0. The molecule has 2 heteroatoms. The predicted molar refractivity (Wildman–Crippen MR) is 149 cm³/mol. The van der Waals surface area contributed by atoms with Gasteiger partial charge in [0.1, 0.15) is 11.5 Å². The lowest BCUT2D eigenvalue weighted by Gasteiger charge is -2.34. The van der Waals surface area contributed by atoms with E-state index in [1.807, 2.05) is 72.8 Å². The highest BCUT2D eigenvalue weighted by atomic mass is 16.3. The summed E-state index contributed by atoms with van der Waals surface area (Å²) in [5.74, 6) is 0.507. The number of rotatable bonds is 5. The molecule has 5 rings (SSSR count). The number of hydrogen-bond acceptors (Lipinski definition) is 2. The Morgan fingerprint density at radius 2 is 1.00 bits per heavy atom. The van der Waals surface area contributed by atoms with Gasteiger partial charge < -0.3 is 10.2 Å². The van der Waals surface area contributed by atoms with Crippen molar-refractivity contribution in [1.82, 2.24) is 0 Å². The van der Waals surface area contributed by atoms with Gasteiger partial charge in [0.2, 0.25) is 0 Å². The molecule has 0 aliphatic rings. The Kier molecular flexibility index (Phi) is 6.12. The molecule has 0 aliphatic heterocycles. The summed E-state index contributed by atoms with van der Waals surface area (Å²) in [4.78, 5) is 0. The summed E-state index contributed by atoms with van der Waals surface area (Å²) in [5.41, 5.74) is 8.72. The van der Waals surface area contributed by atoms with E-state index in [1.165, 1.54) is 16.7 Å². The van der Waals surface area contributed by atoms with Gasteiger partial charge in [-0.25, -0.2) is 0 Å². The first-order chi connectivity index (χ1) is 17.4. The molecule has 178 valence electrons. The van der Waals surface area contributed by atoms with E-state index in [2.05, 4.69) is 51.1 Å². The molecule has 5 aromatic rings. The van der Waals surface area contributed by atoms with E-state index in [0.717, 1.165) is 33.4 Å². The molecule has 0 radical (unpaired) electrons. The first-order valence-corrected chi connectivity index (χ1v) is 12.2. The molecule has 0 saturated heterocycles. The maximum Gasteiger partial charge on any atom is 0.123 e. The molecule has 0 fully saturated rings. The van der Waals surface area contributed by atoms with E-state index in [-0.39, 0.29) is 11.5 Å². The number of aryl methyl sites for hydroxylation is 2. The van der Waals surface area contributed by atoms with Gasteiger partial charge in [-0.2, -0.15) is 0 Å². The molecule has 0 aromatic heterocycles. The van der Waals surface area contributed by atoms with E-state index < -0.39 is 5.41 Å². The van der Waals surface area contributed by atoms with Gasteiger partial charge in [0.15, 0.2) is 0 Å². The first-order valence-electron chi connectivity index (χ1n) is 12.2. The number of phenolic OH excluding ortho intramolecular Hbond substituents is 2. The van der Waals surface area contributed by atoms with Gasteiger partial charge in [0, 0.05) is 16.5 Å². The molecule has 0 amide bonds. The molecule has 36 heavy (non-hydrogen) atoms. The van der Waals surface area contributed by atoms with Gasteiger partial charge in [0.25, 0.3) is 0 Å². The van der Waals surface area contributed by atoms with E-state index in [9.17, 15) is 10.2 Å². The largest absolute Gasteiger partial charge is 0.507 e. The zero-order chi connectivity index (χ0) is 25.3. The number of phenols is 2. The lowest BCUT2D eigenvalue weighted by molar-refractivity contribution is 0.476. The average Bonchev–Trinajstić information content (AvgIpc) is 2.90. The molecule has 0 spiro atoms. The Bertz CT molecular complexity index is 1430. The molecule has 5 aromatic carbocycles. The summed E-state index contributed by atoms with van der Waals surface area (Å²) in [6, 6.07) is 38.3. The fraction of sp³-hybridized carbons (Fsp3) is 0.118. The zero-order valence-electron chi connectivity index (χ0n) is 20.9. The van der Waals surface area contributed by atoms with Crippen LogP contribution in [0.2, 0.25) is 0 Å². The molecule has 0 aliphatic carbocycles. The van der Waals surface area contributed by atoms with Crippen LogP contribution in [0, 0.1) is 13.8 Å². The summed E-state index contributed by atoms with van der Waals surface area (Å²) in [6.07, 6.45) is 0. The van der Waals surface area contributed by atoms with E-state index in [1.54, 1.807) is 12.1 Å². The molecule has 0 unspecified atom stereocenters. The minimum atomic E-state index is -0.535. The molecule has 0 saturated carbocycles. The molecule has 0 atom stereocenters. The quantitative estimate of drug-likeness (QED) is 0.253. The van der Waals surface area contributed by atoms with Crippen molar-refractivity contribution >= 4 is 0 Å². The second-order valence-electron chi connectivity index (χ2n) is 9.64. The zero-order valence-corrected chi connectivity index (χ0v) is 20.9. The van der Waals surface area contributed by atoms with Gasteiger partial charge in [-0.05, 0) is 78.4 Å². The molecule has 2 N–H and O–H groups in total. The van der Waals surface area contributed by atoms with Crippen molar-refractivity contribution in [2.45, 2.75) is 26.2 Å². The summed E-state index contributed by atoms with van der Waals surface area (Å²) in [6.45, 7) is 6.49. The van der Waals surface area contributed by atoms with E-state index in [4.69, 9.17) is 0 Å². The molecule has 0 bridgehead atoms. The number of benzene rings is 5. The third kappa shape index (κ3) is 4.16. The van der Waals surface area contributed by atoms with Crippen molar-refractivity contribution in [3.8, 4) is 33.8 Å². The highest BCUT2D eigenvalue weighted by molar-refractivity contribution is 5.74. The van der Waals surface area contributed by atoms with Crippen molar-refractivity contribution in [2.24, 2.45) is 0 Å². The average molecular weight is 471 g/mol. The summed E-state index contributed by atoms with van der Waals surface area (Å²) >= 11 is 0. The van der Waals surface area contributed by atoms with Gasteiger partial charge in [0.05, 0.1) is 0 Å². The second kappa shape index (κ2) is 9.39. The van der Waals surface area contributed by atoms with E-state index >= 15 is 0 Å². The predicted octanol–water partition coefficient (Wildman–Crippen LogP) is 8.40. The maximum absolute atomic E-state index is 10.8. The number of hydrogen-bond donors (Lipinski definition) is 2. The van der Waals surface area contributed by atoms with Crippen LogP contribution >= 0.6 is 0 Å². The Labute approximate surface area is 213 Å². The minimum absolute atomic E-state index is 0.253. The fourth-order valence-electron chi connectivity index (χ4n) is 5.24. The van der Waals surface area contributed by atoms with Crippen LogP contribution in [0.25, 0.3) is 22.3 Å². The van der Waals surface area contributed by atoms with Gasteiger partial charge in [-0.1, -0.05) is 96.6 Å². The second-order valence-corrected chi connectivity index (χ2v) is 9.64. The van der Waals surface area contributed by atoms with Crippen molar-refractivity contribution < 1.29 is 10.2 Å². The third-order valence-corrected chi connectivity index (χ3v) is 7.24. The van der Waals surface area contributed by atoms with Crippen LogP contribution in [0.5, 0.6) is 11.5 Å². The Morgan fingerprint density at radius 1 is 0.528 bits per heavy atom.